The number of carbonyl (C=O) groups excluding carboxylic acids is 1. The summed E-state index contributed by atoms with van der Waals surface area (Å²) in [6.07, 6.45) is 0. The molecule has 0 fully saturated rings. The van der Waals surface area contributed by atoms with E-state index in [-0.39, 0.29) is 5.91 Å². The highest BCUT2D eigenvalue weighted by molar-refractivity contribution is 7.18. The van der Waals surface area contributed by atoms with Crippen molar-refractivity contribution in [2.24, 2.45) is 5.10 Å². The van der Waals surface area contributed by atoms with Gasteiger partial charge in [0, 0.05) is 5.56 Å². The van der Waals surface area contributed by atoms with Crippen LogP contribution in [0.25, 0.3) is 0 Å². The lowest BCUT2D eigenvalue weighted by Gasteiger charge is -2.04. The van der Waals surface area contributed by atoms with Crippen LogP contribution in [0.5, 0.6) is 0 Å². The number of carbonyl (C=O) groups is 1. The fourth-order valence-electron chi connectivity index (χ4n) is 1.59. The molecule has 1 aromatic heterocycles. The largest absolute Gasteiger partial charge is 0.271 e. The average molecular weight is 293 g/mol. The van der Waals surface area contributed by atoms with E-state index in [1.165, 1.54) is 11.3 Å². The topological polar surface area (TPSA) is 41.5 Å². The molecule has 0 aliphatic heterocycles. The molecule has 1 N–H and O–H groups in total. The van der Waals surface area contributed by atoms with E-state index in [9.17, 15) is 4.79 Å². The molecule has 0 unspecified atom stereocenters. The molecular weight excluding hydrogens is 280 g/mol. The summed E-state index contributed by atoms with van der Waals surface area (Å²) >= 11 is 7.29. The smallest absolute Gasteiger partial charge is 0.267 e. The first-order valence-electron chi connectivity index (χ1n) is 5.74. The number of benzene rings is 1. The Hall–Kier alpha value is -1.65. The van der Waals surface area contributed by atoms with Gasteiger partial charge >= 0.3 is 0 Å². The van der Waals surface area contributed by atoms with Gasteiger partial charge in [-0.25, -0.2) is 5.43 Å². The lowest BCUT2D eigenvalue weighted by molar-refractivity contribution is 0.0954. The Balaban J connectivity index is 2.10. The highest BCUT2D eigenvalue weighted by Crippen LogP contribution is 2.21. The molecule has 0 saturated carbocycles. The molecule has 3 nitrogen and oxygen atoms in total. The summed E-state index contributed by atoms with van der Waals surface area (Å²) in [5, 5.41) is 4.09. The van der Waals surface area contributed by atoms with Gasteiger partial charge in [0.25, 0.3) is 5.91 Å². The van der Waals surface area contributed by atoms with Gasteiger partial charge < -0.3 is 0 Å². The molecule has 0 radical (unpaired) electrons. The molecule has 0 aliphatic rings. The summed E-state index contributed by atoms with van der Waals surface area (Å²) in [6, 6.07) is 11.1. The van der Waals surface area contributed by atoms with Crippen LogP contribution < -0.4 is 5.43 Å². The second kappa shape index (κ2) is 5.99. The number of aryl methyl sites for hydroxylation is 1. The van der Waals surface area contributed by atoms with Crippen LogP contribution in [0.2, 0.25) is 4.34 Å². The third-order valence-electron chi connectivity index (χ3n) is 2.64. The highest BCUT2D eigenvalue weighted by Gasteiger charge is 2.07. The van der Waals surface area contributed by atoms with Crippen LogP contribution >= 0.6 is 22.9 Å². The van der Waals surface area contributed by atoms with Gasteiger partial charge in [-0.3, -0.25) is 4.79 Å². The zero-order valence-electron chi connectivity index (χ0n) is 10.6. The Morgan fingerprint density at radius 1 is 1.26 bits per heavy atom. The molecule has 98 valence electrons. The van der Waals surface area contributed by atoms with Crippen LogP contribution in [-0.4, -0.2) is 11.6 Å². The Kier molecular flexibility index (Phi) is 4.35. The van der Waals surface area contributed by atoms with Gasteiger partial charge in [-0.1, -0.05) is 29.8 Å². The number of hydrogen-bond donors (Lipinski definition) is 1. The summed E-state index contributed by atoms with van der Waals surface area (Å²) in [7, 11) is 0. The van der Waals surface area contributed by atoms with Crippen molar-refractivity contribution in [3.05, 3.63) is 56.7 Å². The third-order valence-corrected chi connectivity index (χ3v) is 3.98. The van der Waals surface area contributed by atoms with E-state index in [1.807, 2.05) is 44.2 Å². The van der Waals surface area contributed by atoms with Gasteiger partial charge in [-0.15, -0.1) is 11.3 Å². The molecular formula is C14H13ClN2OS. The van der Waals surface area contributed by atoms with E-state index in [4.69, 9.17) is 11.6 Å². The maximum absolute atomic E-state index is 12.0. The number of nitrogens with zero attached hydrogens (tertiary/aromatic N) is 1. The number of hydrazone groups is 1. The standard InChI is InChI=1S/C14H13ClN2OS/c1-9-5-3-4-6-11(9)14(18)17-16-10(2)12-7-8-13(15)19-12/h3-8H,1-2H3,(H,17,18)/b16-10-. The van der Waals surface area contributed by atoms with E-state index in [0.717, 1.165) is 16.2 Å². The SMILES string of the molecule is C/C(=N/NC(=O)c1ccccc1C)c1ccc(Cl)s1. The minimum absolute atomic E-state index is 0.208. The van der Waals surface area contributed by atoms with Crippen molar-refractivity contribution < 1.29 is 4.79 Å². The van der Waals surface area contributed by atoms with Crippen molar-refractivity contribution in [1.82, 2.24) is 5.43 Å². The van der Waals surface area contributed by atoms with E-state index >= 15 is 0 Å². The van der Waals surface area contributed by atoms with Crippen LogP contribution in [0, 0.1) is 6.92 Å². The average Bonchev–Trinajstić information content (AvgIpc) is 2.83. The highest BCUT2D eigenvalue weighted by atomic mass is 35.5. The molecule has 0 bridgehead atoms. The molecule has 0 aliphatic carbocycles. The maximum atomic E-state index is 12.0. The van der Waals surface area contributed by atoms with Crippen LogP contribution in [0.3, 0.4) is 0 Å². The Bertz CT molecular complexity index is 634. The van der Waals surface area contributed by atoms with E-state index < -0.39 is 0 Å². The molecule has 1 amide bonds. The predicted molar refractivity (Wildman–Crippen MR) is 80.2 cm³/mol. The monoisotopic (exact) mass is 292 g/mol. The number of nitrogens with one attached hydrogen (secondary N) is 1. The predicted octanol–water partition coefficient (Wildman–Crippen LogP) is 3.86. The number of thiophene rings is 1. The summed E-state index contributed by atoms with van der Waals surface area (Å²) in [5.74, 6) is -0.208. The van der Waals surface area contributed by atoms with Crippen LogP contribution in [0.1, 0.15) is 27.7 Å². The van der Waals surface area contributed by atoms with Crippen LogP contribution in [0.15, 0.2) is 41.5 Å². The molecule has 1 heterocycles. The molecule has 0 atom stereocenters. The van der Waals surface area contributed by atoms with Crippen molar-refractivity contribution in [2.45, 2.75) is 13.8 Å². The van der Waals surface area contributed by atoms with Gasteiger partial charge in [0.2, 0.25) is 0 Å². The zero-order valence-corrected chi connectivity index (χ0v) is 12.2. The summed E-state index contributed by atoms with van der Waals surface area (Å²) < 4.78 is 0.704. The lowest BCUT2D eigenvalue weighted by Crippen LogP contribution is -2.20. The van der Waals surface area contributed by atoms with E-state index in [0.29, 0.717) is 9.90 Å². The minimum atomic E-state index is -0.208. The number of rotatable bonds is 3. The number of halogens is 1. The summed E-state index contributed by atoms with van der Waals surface area (Å²) in [6.45, 7) is 3.73. The normalized spacial score (nSPS) is 11.4. The Labute approximate surface area is 120 Å². The number of amides is 1. The molecule has 5 heteroatoms. The molecule has 2 rings (SSSR count). The lowest BCUT2D eigenvalue weighted by atomic mass is 10.1. The minimum Gasteiger partial charge on any atom is -0.267 e. The fraction of sp³-hybridized carbons (Fsp3) is 0.143. The van der Waals surface area contributed by atoms with Crippen molar-refractivity contribution >= 4 is 34.6 Å². The molecule has 1 aromatic carbocycles. The van der Waals surface area contributed by atoms with Gasteiger partial charge in [-0.05, 0) is 37.6 Å². The van der Waals surface area contributed by atoms with Gasteiger partial charge in [0.15, 0.2) is 0 Å². The van der Waals surface area contributed by atoms with Gasteiger partial charge in [0.05, 0.1) is 14.9 Å². The molecule has 0 spiro atoms. The maximum Gasteiger partial charge on any atom is 0.271 e. The summed E-state index contributed by atoms with van der Waals surface area (Å²) in [5.41, 5.74) is 4.85. The Morgan fingerprint density at radius 3 is 2.63 bits per heavy atom. The second-order valence-electron chi connectivity index (χ2n) is 4.06. The first-order valence-corrected chi connectivity index (χ1v) is 6.93. The molecule has 19 heavy (non-hydrogen) atoms. The number of hydrogen-bond acceptors (Lipinski definition) is 3. The van der Waals surface area contributed by atoms with Crippen LogP contribution in [-0.2, 0) is 0 Å². The zero-order chi connectivity index (χ0) is 13.8. The Morgan fingerprint density at radius 2 is 2.00 bits per heavy atom. The van der Waals surface area contributed by atoms with Gasteiger partial charge in [0.1, 0.15) is 0 Å². The first-order chi connectivity index (χ1) is 9.08. The second-order valence-corrected chi connectivity index (χ2v) is 5.77. The van der Waals surface area contributed by atoms with Crippen molar-refractivity contribution in [2.75, 3.05) is 0 Å². The van der Waals surface area contributed by atoms with Crippen molar-refractivity contribution in [3.8, 4) is 0 Å². The first kappa shape index (κ1) is 13.8. The van der Waals surface area contributed by atoms with Gasteiger partial charge in [-0.2, -0.15) is 5.10 Å². The summed E-state index contributed by atoms with van der Waals surface area (Å²) in [4.78, 5) is 12.9. The third kappa shape index (κ3) is 3.43. The quantitative estimate of drug-likeness (QED) is 0.677. The van der Waals surface area contributed by atoms with Crippen molar-refractivity contribution in [1.29, 1.82) is 0 Å². The molecule has 2 aromatic rings. The fourth-order valence-corrected chi connectivity index (χ4v) is 2.57. The van der Waals surface area contributed by atoms with Crippen LogP contribution in [0.4, 0.5) is 0 Å². The van der Waals surface area contributed by atoms with E-state index in [2.05, 4.69) is 10.5 Å². The van der Waals surface area contributed by atoms with Crippen molar-refractivity contribution in [3.63, 3.8) is 0 Å². The molecule has 0 saturated heterocycles. The van der Waals surface area contributed by atoms with E-state index in [1.54, 1.807) is 6.07 Å².